The zero-order valence-electron chi connectivity index (χ0n) is 21.2. The van der Waals surface area contributed by atoms with Crippen LogP contribution in [0, 0.1) is 5.41 Å². The van der Waals surface area contributed by atoms with E-state index >= 15 is 0 Å². The number of fused-ring (bicyclic) bond motifs is 4. The highest BCUT2D eigenvalue weighted by Crippen LogP contribution is 2.40. The average molecular weight is 503 g/mol. The van der Waals surface area contributed by atoms with E-state index in [9.17, 15) is 5.11 Å². The van der Waals surface area contributed by atoms with Gasteiger partial charge in [0.1, 0.15) is 11.4 Å². The van der Waals surface area contributed by atoms with Crippen LogP contribution in [0.5, 0.6) is 5.75 Å². The number of piperidine rings is 3. The van der Waals surface area contributed by atoms with Crippen molar-refractivity contribution in [2.75, 3.05) is 31.5 Å². The Morgan fingerprint density at radius 2 is 1.58 bits per heavy atom. The predicted octanol–water partition coefficient (Wildman–Crippen LogP) is 5.73. The molecule has 8 rings (SSSR count). The van der Waals surface area contributed by atoms with Gasteiger partial charge in [-0.15, -0.1) is 0 Å². The molecule has 2 aromatic carbocycles. The molecule has 3 aromatic heterocycles. The lowest BCUT2D eigenvalue weighted by Gasteiger charge is -2.48. The second-order valence-corrected chi connectivity index (χ2v) is 10.6. The van der Waals surface area contributed by atoms with Crippen molar-refractivity contribution in [3.63, 3.8) is 0 Å². The fourth-order valence-electron chi connectivity index (χ4n) is 6.01. The lowest BCUT2D eigenvalue weighted by molar-refractivity contribution is 0.0360. The van der Waals surface area contributed by atoms with E-state index in [1.807, 2.05) is 41.0 Å². The summed E-state index contributed by atoms with van der Waals surface area (Å²) in [6, 6.07) is 21.8. The number of pyridine rings is 1. The number of nitrogens with zero attached hydrogens (tertiary/aromatic N) is 5. The Labute approximate surface area is 221 Å². The number of hydrogen-bond donors (Lipinski definition) is 2. The standard InChI is InChI=1S/C31H30N6O/c38-26-3-1-2-24(20-26)28-29(23-8-14-32-15-9-23)35-37-27(10-16-33-30(28)37)22-4-6-25(7-5-22)34-21-31-11-17-36(18-12-31)19-13-31/h1-10,14-16,20,34,38H,11-13,17-19,21H2. The number of nitrogens with one attached hydrogen (secondary N) is 1. The van der Waals surface area contributed by atoms with Crippen LogP contribution in [0.3, 0.4) is 0 Å². The fourth-order valence-corrected chi connectivity index (χ4v) is 6.01. The lowest BCUT2D eigenvalue weighted by Crippen LogP contribution is -2.50. The monoisotopic (exact) mass is 502 g/mol. The van der Waals surface area contributed by atoms with Crippen molar-refractivity contribution in [3.8, 4) is 39.4 Å². The summed E-state index contributed by atoms with van der Waals surface area (Å²) in [7, 11) is 0. The Morgan fingerprint density at radius 1 is 0.816 bits per heavy atom. The first-order valence-corrected chi connectivity index (χ1v) is 13.3. The van der Waals surface area contributed by atoms with Crippen molar-refractivity contribution in [1.82, 2.24) is 24.5 Å². The second kappa shape index (κ2) is 9.26. The van der Waals surface area contributed by atoms with E-state index in [4.69, 9.17) is 10.1 Å². The molecule has 3 aliphatic rings. The van der Waals surface area contributed by atoms with Crippen LogP contribution in [-0.2, 0) is 0 Å². The highest BCUT2D eigenvalue weighted by Gasteiger charge is 2.38. The zero-order valence-corrected chi connectivity index (χ0v) is 21.2. The van der Waals surface area contributed by atoms with Gasteiger partial charge in [0.05, 0.1) is 11.3 Å². The molecule has 0 spiro atoms. The number of aromatic nitrogens is 4. The van der Waals surface area contributed by atoms with Gasteiger partial charge in [0.25, 0.3) is 0 Å². The number of benzene rings is 2. The molecule has 3 aliphatic heterocycles. The van der Waals surface area contributed by atoms with Gasteiger partial charge in [-0.2, -0.15) is 5.10 Å². The van der Waals surface area contributed by atoms with Gasteiger partial charge >= 0.3 is 0 Å². The summed E-state index contributed by atoms with van der Waals surface area (Å²) in [5.74, 6) is 0.208. The molecule has 0 saturated carbocycles. The highest BCUT2D eigenvalue weighted by atomic mass is 16.3. The molecule has 0 atom stereocenters. The molecule has 5 aromatic rings. The Morgan fingerprint density at radius 3 is 2.32 bits per heavy atom. The van der Waals surface area contributed by atoms with Crippen LogP contribution < -0.4 is 5.32 Å². The second-order valence-electron chi connectivity index (χ2n) is 10.6. The molecule has 0 unspecified atom stereocenters. The first kappa shape index (κ1) is 22.9. The maximum absolute atomic E-state index is 10.2. The summed E-state index contributed by atoms with van der Waals surface area (Å²) in [6.45, 7) is 4.78. The molecule has 190 valence electrons. The number of aromatic hydroxyl groups is 1. The Hall–Kier alpha value is -4.23. The van der Waals surface area contributed by atoms with E-state index in [1.165, 1.54) is 38.9 Å². The third-order valence-electron chi connectivity index (χ3n) is 8.33. The molecule has 6 heterocycles. The van der Waals surface area contributed by atoms with E-state index in [0.717, 1.165) is 51.5 Å². The molecule has 38 heavy (non-hydrogen) atoms. The third-order valence-corrected chi connectivity index (χ3v) is 8.33. The molecule has 7 heteroatoms. The van der Waals surface area contributed by atoms with Crippen molar-refractivity contribution < 1.29 is 5.11 Å². The zero-order chi connectivity index (χ0) is 25.5. The summed E-state index contributed by atoms with van der Waals surface area (Å²) in [6.07, 6.45) is 9.26. The summed E-state index contributed by atoms with van der Waals surface area (Å²) in [5.41, 5.74) is 7.86. The van der Waals surface area contributed by atoms with Crippen molar-refractivity contribution >= 4 is 11.3 Å². The summed E-state index contributed by atoms with van der Waals surface area (Å²) in [5, 5.41) is 19.0. The maximum Gasteiger partial charge on any atom is 0.164 e. The van der Waals surface area contributed by atoms with Gasteiger partial charge in [0, 0.05) is 41.9 Å². The van der Waals surface area contributed by atoms with Gasteiger partial charge in [-0.25, -0.2) is 9.50 Å². The van der Waals surface area contributed by atoms with Crippen LogP contribution >= 0.6 is 0 Å². The average Bonchev–Trinajstić information content (AvgIpc) is 3.38. The van der Waals surface area contributed by atoms with Crippen LogP contribution in [0.1, 0.15) is 19.3 Å². The van der Waals surface area contributed by atoms with Crippen LogP contribution in [0.2, 0.25) is 0 Å². The predicted molar refractivity (Wildman–Crippen MR) is 150 cm³/mol. The quantitative estimate of drug-likeness (QED) is 0.309. The SMILES string of the molecule is Oc1cccc(-c2c(-c3ccncc3)nn3c(-c4ccc(NCC56CCN(CC5)CC6)cc4)ccnc23)c1. The van der Waals surface area contributed by atoms with Crippen LogP contribution in [-0.4, -0.2) is 55.8 Å². The molecule has 7 nitrogen and oxygen atoms in total. The van der Waals surface area contributed by atoms with E-state index < -0.39 is 0 Å². The van der Waals surface area contributed by atoms with Crippen molar-refractivity contribution in [2.45, 2.75) is 19.3 Å². The molecule has 0 amide bonds. The molecule has 3 saturated heterocycles. The van der Waals surface area contributed by atoms with Crippen molar-refractivity contribution in [2.24, 2.45) is 5.41 Å². The first-order valence-electron chi connectivity index (χ1n) is 13.3. The summed E-state index contributed by atoms with van der Waals surface area (Å²) in [4.78, 5) is 11.5. The first-order chi connectivity index (χ1) is 18.7. The normalized spacial score (nSPS) is 20.6. The van der Waals surface area contributed by atoms with E-state index in [0.29, 0.717) is 5.41 Å². The molecule has 0 radical (unpaired) electrons. The number of phenols is 1. The maximum atomic E-state index is 10.2. The minimum atomic E-state index is 0.208. The van der Waals surface area contributed by atoms with E-state index in [2.05, 4.69) is 39.5 Å². The van der Waals surface area contributed by atoms with E-state index in [-0.39, 0.29) is 5.75 Å². The van der Waals surface area contributed by atoms with E-state index in [1.54, 1.807) is 24.5 Å². The largest absolute Gasteiger partial charge is 0.508 e. The number of hydrogen-bond acceptors (Lipinski definition) is 6. The Balaban J connectivity index is 1.25. The van der Waals surface area contributed by atoms with Gasteiger partial charge in [-0.05, 0) is 92.3 Å². The van der Waals surface area contributed by atoms with Crippen LogP contribution in [0.15, 0.2) is 85.3 Å². The third kappa shape index (κ3) is 4.09. The van der Waals surface area contributed by atoms with Crippen LogP contribution in [0.25, 0.3) is 39.3 Å². The molecule has 2 N–H and O–H groups in total. The summed E-state index contributed by atoms with van der Waals surface area (Å²) < 4.78 is 1.91. The molecular formula is C31H30N6O. The molecule has 2 bridgehead atoms. The van der Waals surface area contributed by atoms with Gasteiger partial charge in [-0.1, -0.05) is 24.3 Å². The van der Waals surface area contributed by atoms with Gasteiger partial charge in [0.15, 0.2) is 5.65 Å². The molecular weight excluding hydrogens is 472 g/mol. The summed E-state index contributed by atoms with van der Waals surface area (Å²) >= 11 is 0. The number of anilines is 1. The topological polar surface area (TPSA) is 78.6 Å². The Bertz CT molecular complexity index is 1570. The van der Waals surface area contributed by atoms with Gasteiger partial charge < -0.3 is 15.3 Å². The molecule has 3 fully saturated rings. The number of rotatable bonds is 6. The minimum Gasteiger partial charge on any atom is -0.508 e. The van der Waals surface area contributed by atoms with Crippen molar-refractivity contribution in [3.05, 3.63) is 85.3 Å². The fraction of sp³-hybridized carbons (Fsp3) is 0.258. The molecule has 0 aliphatic carbocycles. The highest BCUT2D eigenvalue weighted by molar-refractivity contribution is 5.91. The smallest absolute Gasteiger partial charge is 0.164 e. The number of phenolic OH excluding ortho intramolecular Hbond substituents is 1. The van der Waals surface area contributed by atoms with Crippen LogP contribution in [0.4, 0.5) is 5.69 Å². The Kier molecular flexibility index (Phi) is 5.59. The minimum absolute atomic E-state index is 0.208. The van der Waals surface area contributed by atoms with Gasteiger partial charge in [0.2, 0.25) is 0 Å². The lowest BCUT2D eigenvalue weighted by atomic mass is 9.72. The van der Waals surface area contributed by atoms with Crippen molar-refractivity contribution in [1.29, 1.82) is 0 Å². The van der Waals surface area contributed by atoms with Gasteiger partial charge in [-0.3, -0.25) is 4.98 Å².